The summed E-state index contributed by atoms with van der Waals surface area (Å²) in [7, 11) is 7.04. The Hall–Kier alpha value is -5.76. The summed E-state index contributed by atoms with van der Waals surface area (Å²) in [5, 5.41) is 2.14. The molecule has 0 saturated carbocycles. The molecule has 0 amide bonds. The van der Waals surface area contributed by atoms with Crippen LogP contribution in [-0.4, -0.2) is 54.9 Å². The molecule has 328 valence electrons. The Morgan fingerprint density at radius 2 is 1.14 bits per heavy atom. The first-order valence-electron chi connectivity index (χ1n) is 22.7. The van der Waals surface area contributed by atoms with Crippen LogP contribution in [0.4, 0.5) is 0 Å². The number of rotatable bonds is 21. The van der Waals surface area contributed by atoms with Gasteiger partial charge in [0.25, 0.3) is 0 Å². The third-order valence-corrected chi connectivity index (χ3v) is 12.9. The lowest BCUT2D eigenvalue weighted by Gasteiger charge is -2.40. The van der Waals surface area contributed by atoms with Crippen molar-refractivity contribution in [3.05, 3.63) is 143 Å². The monoisotopic (exact) mass is 846 g/mol. The molecule has 7 heteroatoms. The second-order valence-electron chi connectivity index (χ2n) is 16.8. The second kappa shape index (κ2) is 19.7. The van der Waals surface area contributed by atoms with E-state index in [2.05, 4.69) is 123 Å². The van der Waals surface area contributed by atoms with Gasteiger partial charge >= 0.3 is 0 Å². The van der Waals surface area contributed by atoms with Crippen molar-refractivity contribution in [2.45, 2.75) is 76.2 Å². The summed E-state index contributed by atoms with van der Waals surface area (Å²) in [6, 6.07) is 38.7. The number of ether oxygens (including phenoxy) is 7. The maximum atomic E-state index is 7.85. The van der Waals surface area contributed by atoms with Crippen molar-refractivity contribution in [1.82, 2.24) is 0 Å². The van der Waals surface area contributed by atoms with Gasteiger partial charge in [0.05, 0.1) is 27.4 Å². The van der Waals surface area contributed by atoms with Crippen LogP contribution in [-0.2, 0) is 20.5 Å². The molecule has 7 nitrogen and oxygen atoms in total. The van der Waals surface area contributed by atoms with Crippen molar-refractivity contribution in [3.8, 4) is 51.0 Å². The van der Waals surface area contributed by atoms with Gasteiger partial charge < -0.3 is 33.2 Å². The summed E-state index contributed by atoms with van der Waals surface area (Å²) in [6.07, 6.45) is 12.5. The first-order chi connectivity index (χ1) is 30.9. The van der Waals surface area contributed by atoms with Gasteiger partial charge in [-0.2, -0.15) is 0 Å². The minimum atomic E-state index is -0.978. The fourth-order valence-electron chi connectivity index (χ4n) is 9.87. The lowest BCUT2D eigenvalue weighted by molar-refractivity contribution is 0.162. The molecule has 0 N–H and O–H groups in total. The van der Waals surface area contributed by atoms with Gasteiger partial charge in [0, 0.05) is 60.5 Å². The summed E-state index contributed by atoms with van der Waals surface area (Å²) in [4.78, 5) is 0. The van der Waals surface area contributed by atoms with Gasteiger partial charge in [0.2, 0.25) is 0 Å². The van der Waals surface area contributed by atoms with Crippen molar-refractivity contribution in [3.63, 3.8) is 0 Å². The number of unbranched alkanes of at least 4 members (excludes halogenated alkanes) is 2. The summed E-state index contributed by atoms with van der Waals surface area (Å²) in [5.41, 5.74) is 9.17. The molecule has 1 aliphatic heterocycles. The Morgan fingerprint density at radius 1 is 0.556 bits per heavy atom. The number of hydrogen-bond donors (Lipinski definition) is 0. The third kappa shape index (κ3) is 8.41. The van der Waals surface area contributed by atoms with Gasteiger partial charge in [0.1, 0.15) is 28.7 Å². The van der Waals surface area contributed by atoms with Crippen molar-refractivity contribution in [2.24, 2.45) is 0 Å². The zero-order valence-electron chi connectivity index (χ0n) is 37.9. The molecular weight excluding hydrogens is 785 g/mol. The predicted octanol–water partition coefficient (Wildman–Crippen LogP) is 13.4. The molecule has 2 aliphatic rings. The highest BCUT2D eigenvalue weighted by molar-refractivity contribution is 6.10. The summed E-state index contributed by atoms with van der Waals surface area (Å²) in [6.45, 7) is 7.02. The normalized spacial score (nSPS) is 14.1. The maximum absolute atomic E-state index is 7.85. The topological polar surface area (TPSA) is 64.6 Å². The Morgan fingerprint density at radius 3 is 1.70 bits per heavy atom. The van der Waals surface area contributed by atoms with Crippen LogP contribution in [0.1, 0.15) is 93.0 Å². The van der Waals surface area contributed by atoms with Gasteiger partial charge in [-0.25, -0.2) is 0 Å². The van der Waals surface area contributed by atoms with E-state index in [1.165, 1.54) is 22.3 Å². The highest BCUT2D eigenvalue weighted by Crippen LogP contribution is 2.62. The van der Waals surface area contributed by atoms with E-state index in [-0.39, 0.29) is 5.41 Å². The molecule has 1 heterocycles. The average Bonchev–Trinajstić information content (AvgIpc) is 3.62. The molecule has 0 atom stereocenters. The summed E-state index contributed by atoms with van der Waals surface area (Å²) >= 11 is 0. The van der Waals surface area contributed by atoms with Crippen molar-refractivity contribution >= 4 is 16.8 Å². The molecule has 0 radical (unpaired) electrons. The van der Waals surface area contributed by atoms with Gasteiger partial charge in [-0.15, -0.1) is 0 Å². The largest absolute Gasteiger partial charge is 0.497 e. The molecule has 0 fully saturated rings. The van der Waals surface area contributed by atoms with Crippen molar-refractivity contribution in [2.75, 3.05) is 54.9 Å². The predicted molar refractivity (Wildman–Crippen MR) is 255 cm³/mol. The SMILES string of the molecule is CCCOc1ccc(C2(c3ccc(OCCC)cc3)C=Cc3c4c(c5cc(-c6ccc(OC)cc6)c(OC)cc5c3O2)-c2ccccc2C4(CCCCOC)CCCCOC)cc1. The second-order valence-corrected chi connectivity index (χ2v) is 16.8. The fraction of sp³-hybridized carbons (Fsp3) is 0.357. The van der Waals surface area contributed by atoms with E-state index >= 15 is 0 Å². The minimum Gasteiger partial charge on any atom is -0.497 e. The standard InChI is InChI=1S/C56H62O7/c1-7-33-61-43-25-19-40(20-26-43)56(41-21-27-44(28-22-41)62-34-8-2)32-29-46-53-52(45-15-9-10-16-50(45)55(53,30-11-13-35-57-3)31-12-14-36-58-4)48-37-47(39-17-23-42(59-5)24-18-39)51(60-6)38-49(48)54(46)63-56/h9-10,15-29,32,37-38H,7-8,11-14,30-31,33-36H2,1-6H3. The fourth-order valence-corrected chi connectivity index (χ4v) is 9.87. The quantitative estimate of drug-likeness (QED) is 0.0669. The lowest BCUT2D eigenvalue weighted by atomic mass is 9.68. The minimum absolute atomic E-state index is 0.282. The van der Waals surface area contributed by atoms with E-state index in [4.69, 9.17) is 33.2 Å². The van der Waals surface area contributed by atoms with Crippen LogP contribution >= 0.6 is 0 Å². The Balaban J connectivity index is 1.43. The molecule has 8 rings (SSSR count). The molecule has 0 aromatic heterocycles. The van der Waals surface area contributed by atoms with Crippen LogP contribution in [0, 0.1) is 0 Å². The van der Waals surface area contributed by atoms with E-state index in [1.54, 1.807) is 28.4 Å². The number of methoxy groups -OCH3 is 4. The lowest BCUT2D eigenvalue weighted by Crippen LogP contribution is -2.35. The van der Waals surface area contributed by atoms with Crippen LogP contribution in [0.15, 0.2) is 115 Å². The van der Waals surface area contributed by atoms with Gasteiger partial charge in [0.15, 0.2) is 5.60 Å². The van der Waals surface area contributed by atoms with Crippen molar-refractivity contribution in [1.29, 1.82) is 0 Å². The third-order valence-electron chi connectivity index (χ3n) is 12.9. The van der Waals surface area contributed by atoms with E-state index in [0.717, 1.165) is 132 Å². The summed E-state index contributed by atoms with van der Waals surface area (Å²) < 4.78 is 43.1. The highest BCUT2D eigenvalue weighted by atomic mass is 16.5. The maximum Gasteiger partial charge on any atom is 0.178 e. The van der Waals surface area contributed by atoms with Crippen LogP contribution in [0.2, 0.25) is 0 Å². The van der Waals surface area contributed by atoms with Crippen molar-refractivity contribution < 1.29 is 33.2 Å². The van der Waals surface area contributed by atoms with Crippen LogP contribution in [0.3, 0.4) is 0 Å². The Bertz CT molecular complexity index is 2440. The average molecular weight is 847 g/mol. The molecule has 0 bridgehead atoms. The first-order valence-corrected chi connectivity index (χ1v) is 22.7. The van der Waals surface area contributed by atoms with Gasteiger partial charge in [-0.3, -0.25) is 0 Å². The van der Waals surface area contributed by atoms with E-state index in [1.807, 2.05) is 12.1 Å². The molecule has 6 aromatic carbocycles. The first kappa shape index (κ1) is 43.9. The molecule has 63 heavy (non-hydrogen) atoms. The molecule has 0 unspecified atom stereocenters. The molecular formula is C56H62O7. The Kier molecular flexibility index (Phi) is 13.7. The van der Waals surface area contributed by atoms with Crippen LogP contribution in [0.5, 0.6) is 28.7 Å². The van der Waals surface area contributed by atoms with E-state index < -0.39 is 5.60 Å². The summed E-state index contributed by atoms with van der Waals surface area (Å²) in [5.74, 6) is 4.09. The smallest absolute Gasteiger partial charge is 0.178 e. The number of benzene rings is 6. The van der Waals surface area contributed by atoms with Gasteiger partial charge in [-0.05, 0) is 139 Å². The number of hydrogen-bond acceptors (Lipinski definition) is 7. The number of fused-ring (bicyclic) bond motifs is 8. The zero-order valence-corrected chi connectivity index (χ0v) is 37.9. The van der Waals surface area contributed by atoms with Crippen LogP contribution in [0.25, 0.3) is 39.1 Å². The van der Waals surface area contributed by atoms with E-state index in [0.29, 0.717) is 13.2 Å². The van der Waals surface area contributed by atoms with Gasteiger partial charge in [-0.1, -0.05) is 80.6 Å². The molecule has 1 aliphatic carbocycles. The van der Waals surface area contributed by atoms with E-state index in [9.17, 15) is 0 Å². The molecule has 6 aromatic rings. The zero-order chi connectivity index (χ0) is 43.8. The molecule has 0 saturated heterocycles. The molecule has 0 spiro atoms. The van der Waals surface area contributed by atoms with Crippen LogP contribution < -0.4 is 23.7 Å². The Labute approximate surface area is 373 Å². The highest BCUT2D eigenvalue weighted by Gasteiger charge is 2.48.